The van der Waals surface area contributed by atoms with Crippen LogP contribution in [-0.2, 0) is 0 Å². The summed E-state index contributed by atoms with van der Waals surface area (Å²) in [5, 5.41) is 10.5. The molecule has 4 rings (SSSR count). The van der Waals surface area contributed by atoms with Crippen molar-refractivity contribution in [2.45, 2.75) is 19.8 Å². The minimum Gasteiger partial charge on any atom is -0.457 e. The predicted molar refractivity (Wildman–Crippen MR) is 140 cm³/mol. The lowest BCUT2D eigenvalue weighted by atomic mass is 10.1. The van der Waals surface area contributed by atoms with Crippen LogP contribution in [-0.4, -0.2) is 26.7 Å². The summed E-state index contributed by atoms with van der Waals surface area (Å²) in [6, 6.07) is 12.6. The van der Waals surface area contributed by atoms with Gasteiger partial charge in [-0.1, -0.05) is 37.0 Å². The molecule has 37 heavy (non-hydrogen) atoms. The van der Waals surface area contributed by atoms with Gasteiger partial charge < -0.3 is 15.8 Å². The van der Waals surface area contributed by atoms with Gasteiger partial charge in [0.2, 0.25) is 0 Å². The number of hydrogen-bond acceptors (Lipinski definition) is 5. The third kappa shape index (κ3) is 6.35. The van der Waals surface area contributed by atoms with E-state index in [1.165, 1.54) is 35.1 Å². The number of primary amides is 1. The molecule has 0 spiro atoms. The molecule has 0 aliphatic carbocycles. The van der Waals surface area contributed by atoms with Crippen LogP contribution in [0.25, 0.3) is 5.69 Å². The minimum absolute atomic E-state index is 0.00726. The zero-order valence-electron chi connectivity index (χ0n) is 19.6. The number of nitrogens with one attached hydrogen (secondary N) is 2. The Kier molecular flexibility index (Phi) is 7.61. The summed E-state index contributed by atoms with van der Waals surface area (Å²) < 4.78 is 21.8. The van der Waals surface area contributed by atoms with Crippen LogP contribution in [0.2, 0.25) is 10.0 Å². The standard InChI is InChI=1S/C25H21Cl2FN6O3/c1-13(2)21-12-23(34(33-21)16-8-14(26)7-15(27)9-16)32-25(36)31-20-4-3-17(10-19(20)28)37-18-5-6-30-22(11-18)24(29)35/h3-13H,1-2H3,(H2,29,35)(H2,31,32,36). The lowest BCUT2D eigenvalue weighted by molar-refractivity contribution is 0.0995. The normalized spacial score (nSPS) is 10.9. The van der Waals surface area contributed by atoms with E-state index in [4.69, 9.17) is 33.7 Å². The number of hydrogen-bond donors (Lipinski definition) is 3. The molecule has 4 aromatic rings. The van der Waals surface area contributed by atoms with Crippen LogP contribution >= 0.6 is 23.2 Å². The van der Waals surface area contributed by atoms with E-state index in [9.17, 15) is 14.0 Å². The van der Waals surface area contributed by atoms with E-state index in [0.717, 1.165) is 11.8 Å². The van der Waals surface area contributed by atoms with Crippen molar-refractivity contribution in [2.75, 3.05) is 10.6 Å². The first kappa shape index (κ1) is 25.9. The summed E-state index contributed by atoms with van der Waals surface area (Å²) in [4.78, 5) is 27.9. The zero-order valence-corrected chi connectivity index (χ0v) is 21.1. The van der Waals surface area contributed by atoms with Crippen molar-refractivity contribution in [3.8, 4) is 17.2 Å². The number of carbonyl (C=O) groups is 2. The van der Waals surface area contributed by atoms with Crippen LogP contribution < -0.4 is 21.1 Å². The minimum atomic E-state index is -0.741. The average Bonchev–Trinajstić information content (AvgIpc) is 3.24. The summed E-state index contributed by atoms with van der Waals surface area (Å²) in [5.74, 6) is -0.663. The van der Waals surface area contributed by atoms with Gasteiger partial charge in [-0.25, -0.2) is 13.9 Å². The first-order valence-electron chi connectivity index (χ1n) is 11.0. The Hall–Kier alpha value is -4.15. The fraction of sp³-hybridized carbons (Fsp3) is 0.120. The molecule has 2 aromatic heterocycles. The SMILES string of the molecule is CC(C)c1cc(NC(=O)Nc2ccc(Oc3ccnc(C(N)=O)c3)cc2F)n(-c2cc(Cl)cc(Cl)c2)n1. The van der Waals surface area contributed by atoms with Gasteiger partial charge in [0.05, 0.1) is 17.1 Å². The zero-order chi connectivity index (χ0) is 26.7. The van der Waals surface area contributed by atoms with Crippen LogP contribution in [0.3, 0.4) is 0 Å². The van der Waals surface area contributed by atoms with Crippen molar-refractivity contribution >= 4 is 46.6 Å². The van der Waals surface area contributed by atoms with Gasteiger partial charge in [0.25, 0.3) is 5.91 Å². The maximum absolute atomic E-state index is 14.7. The molecule has 12 heteroatoms. The number of nitrogens with two attached hydrogens (primary N) is 1. The molecule has 0 unspecified atom stereocenters. The number of anilines is 2. The lowest BCUT2D eigenvalue weighted by Crippen LogP contribution is -2.22. The van der Waals surface area contributed by atoms with Crippen molar-refractivity contribution in [3.63, 3.8) is 0 Å². The molecule has 0 radical (unpaired) electrons. The monoisotopic (exact) mass is 542 g/mol. The van der Waals surface area contributed by atoms with Gasteiger partial charge in [0.1, 0.15) is 28.8 Å². The Bertz CT molecular complexity index is 1470. The number of ether oxygens (including phenoxy) is 1. The molecule has 0 fully saturated rings. The molecule has 0 saturated heterocycles. The molecule has 0 aliphatic rings. The molecule has 2 aromatic carbocycles. The van der Waals surface area contributed by atoms with Crippen LogP contribution in [0, 0.1) is 5.82 Å². The van der Waals surface area contributed by atoms with Crippen LogP contribution in [0.1, 0.15) is 35.9 Å². The highest BCUT2D eigenvalue weighted by molar-refractivity contribution is 6.34. The number of aromatic nitrogens is 3. The van der Waals surface area contributed by atoms with Crippen LogP contribution in [0.4, 0.5) is 20.7 Å². The van der Waals surface area contributed by atoms with Gasteiger partial charge in [-0.05, 0) is 42.3 Å². The topological polar surface area (TPSA) is 124 Å². The van der Waals surface area contributed by atoms with Crippen molar-refractivity contribution in [1.82, 2.24) is 14.8 Å². The second-order valence-electron chi connectivity index (χ2n) is 8.21. The van der Waals surface area contributed by atoms with Gasteiger partial charge in [0, 0.05) is 34.4 Å². The number of urea groups is 1. The number of pyridine rings is 1. The maximum Gasteiger partial charge on any atom is 0.324 e. The highest BCUT2D eigenvalue weighted by atomic mass is 35.5. The first-order chi connectivity index (χ1) is 17.6. The Morgan fingerprint density at radius 1 is 1.00 bits per heavy atom. The summed E-state index contributed by atoms with van der Waals surface area (Å²) >= 11 is 12.3. The molecule has 3 amide bonds. The van der Waals surface area contributed by atoms with Gasteiger partial charge in [-0.2, -0.15) is 5.10 Å². The van der Waals surface area contributed by atoms with E-state index in [2.05, 4.69) is 20.7 Å². The lowest BCUT2D eigenvalue weighted by Gasteiger charge is -2.12. The first-order valence-corrected chi connectivity index (χ1v) is 11.7. The van der Waals surface area contributed by atoms with E-state index in [1.54, 1.807) is 24.3 Å². The van der Waals surface area contributed by atoms with Crippen LogP contribution in [0.5, 0.6) is 11.5 Å². The fourth-order valence-corrected chi connectivity index (χ4v) is 3.82. The smallest absolute Gasteiger partial charge is 0.324 e. The largest absolute Gasteiger partial charge is 0.457 e. The van der Waals surface area contributed by atoms with Gasteiger partial charge >= 0.3 is 6.03 Å². The second-order valence-corrected chi connectivity index (χ2v) is 9.09. The number of benzene rings is 2. The molecule has 2 heterocycles. The van der Waals surface area contributed by atoms with E-state index in [1.807, 2.05) is 13.8 Å². The number of nitrogens with zero attached hydrogens (tertiary/aromatic N) is 3. The fourth-order valence-electron chi connectivity index (χ4n) is 3.31. The molecule has 0 atom stereocenters. The molecule has 9 nitrogen and oxygen atoms in total. The summed E-state index contributed by atoms with van der Waals surface area (Å²) in [5.41, 5.74) is 6.40. The van der Waals surface area contributed by atoms with Gasteiger partial charge in [-0.15, -0.1) is 0 Å². The van der Waals surface area contributed by atoms with Crippen molar-refractivity contribution in [1.29, 1.82) is 0 Å². The predicted octanol–water partition coefficient (Wildman–Crippen LogP) is 6.37. The average molecular weight is 543 g/mol. The Morgan fingerprint density at radius 3 is 2.35 bits per heavy atom. The van der Waals surface area contributed by atoms with E-state index < -0.39 is 17.8 Å². The Balaban J connectivity index is 1.51. The number of halogens is 3. The second kappa shape index (κ2) is 10.9. The number of amides is 3. The third-order valence-electron chi connectivity index (χ3n) is 5.06. The third-order valence-corrected chi connectivity index (χ3v) is 5.50. The van der Waals surface area contributed by atoms with Crippen molar-refractivity contribution in [2.24, 2.45) is 5.73 Å². The summed E-state index contributed by atoms with van der Waals surface area (Å²) in [6.45, 7) is 3.92. The molecule has 0 saturated carbocycles. The van der Waals surface area contributed by atoms with Crippen molar-refractivity contribution in [3.05, 3.63) is 88.0 Å². The highest BCUT2D eigenvalue weighted by Gasteiger charge is 2.17. The van der Waals surface area contributed by atoms with E-state index >= 15 is 0 Å². The number of rotatable bonds is 7. The van der Waals surface area contributed by atoms with Crippen LogP contribution in [0.15, 0.2) is 60.8 Å². The quantitative estimate of drug-likeness (QED) is 0.250. The molecule has 4 N–H and O–H groups in total. The van der Waals surface area contributed by atoms with E-state index in [-0.39, 0.29) is 28.8 Å². The van der Waals surface area contributed by atoms with Gasteiger partial charge in [0.15, 0.2) is 0 Å². The van der Waals surface area contributed by atoms with Crippen molar-refractivity contribution < 1.29 is 18.7 Å². The molecule has 0 aliphatic heterocycles. The maximum atomic E-state index is 14.7. The van der Waals surface area contributed by atoms with Gasteiger partial charge in [-0.3, -0.25) is 15.1 Å². The highest BCUT2D eigenvalue weighted by Crippen LogP contribution is 2.28. The molecule has 190 valence electrons. The number of carbonyl (C=O) groups excluding carboxylic acids is 2. The summed E-state index contributed by atoms with van der Waals surface area (Å²) in [6.07, 6.45) is 1.35. The molecular weight excluding hydrogens is 522 g/mol. The Labute approximate surface area is 221 Å². The Morgan fingerprint density at radius 2 is 1.70 bits per heavy atom. The molecular formula is C25H21Cl2FN6O3. The molecule has 0 bridgehead atoms. The summed E-state index contributed by atoms with van der Waals surface area (Å²) in [7, 11) is 0. The van der Waals surface area contributed by atoms with E-state index in [0.29, 0.717) is 21.6 Å².